The van der Waals surface area contributed by atoms with E-state index in [4.69, 9.17) is 17.4 Å². The lowest BCUT2D eigenvalue weighted by Crippen LogP contribution is -2.42. The Hall–Kier alpha value is -0.640. The zero-order valence-electron chi connectivity index (χ0n) is 9.92. The van der Waals surface area contributed by atoms with Gasteiger partial charge in [-0.1, -0.05) is 24.6 Å². The first-order chi connectivity index (χ1) is 8.13. The van der Waals surface area contributed by atoms with E-state index in [0.717, 1.165) is 5.92 Å². The summed E-state index contributed by atoms with van der Waals surface area (Å²) in [5, 5.41) is 0.480. The summed E-state index contributed by atoms with van der Waals surface area (Å²) in [6, 6.07) is 4.86. The minimum absolute atomic E-state index is 0.0805. The molecule has 0 bridgehead atoms. The molecule has 1 aliphatic rings. The third-order valence-electron chi connectivity index (χ3n) is 3.70. The van der Waals surface area contributed by atoms with Gasteiger partial charge in [-0.05, 0) is 43.2 Å². The molecule has 1 saturated carbocycles. The van der Waals surface area contributed by atoms with Gasteiger partial charge in [-0.15, -0.1) is 0 Å². The second-order valence-corrected chi connectivity index (χ2v) is 5.28. The number of nitrogens with two attached hydrogens (primary N) is 1. The van der Waals surface area contributed by atoms with E-state index in [1.165, 1.54) is 18.9 Å². The summed E-state index contributed by atoms with van der Waals surface area (Å²) in [6.07, 6.45) is 3.05. The average molecular weight is 257 g/mol. The van der Waals surface area contributed by atoms with E-state index in [0.29, 0.717) is 22.9 Å². The van der Waals surface area contributed by atoms with Crippen molar-refractivity contribution in [3.05, 3.63) is 34.6 Å². The fraction of sp³-hybridized carbons (Fsp3) is 0.538. The summed E-state index contributed by atoms with van der Waals surface area (Å²) in [4.78, 5) is 0. The van der Waals surface area contributed by atoms with Gasteiger partial charge in [-0.3, -0.25) is 11.3 Å². The fourth-order valence-corrected chi connectivity index (χ4v) is 2.53. The number of hydrogen-bond donors (Lipinski definition) is 2. The third-order valence-corrected chi connectivity index (χ3v) is 4.05. The Kier molecular flexibility index (Phi) is 4.02. The van der Waals surface area contributed by atoms with Crippen LogP contribution in [0.4, 0.5) is 4.39 Å². The molecule has 0 saturated heterocycles. The first-order valence-corrected chi connectivity index (χ1v) is 6.40. The van der Waals surface area contributed by atoms with Crippen LogP contribution in [0.2, 0.25) is 5.02 Å². The van der Waals surface area contributed by atoms with Crippen molar-refractivity contribution in [2.75, 3.05) is 0 Å². The summed E-state index contributed by atoms with van der Waals surface area (Å²) in [5.41, 5.74) is 3.36. The molecule has 0 amide bonds. The van der Waals surface area contributed by atoms with Crippen LogP contribution in [0.5, 0.6) is 0 Å². The van der Waals surface area contributed by atoms with Crippen molar-refractivity contribution >= 4 is 11.6 Å². The molecule has 2 unspecified atom stereocenters. The van der Waals surface area contributed by atoms with Gasteiger partial charge in [0.05, 0.1) is 0 Å². The van der Waals surface area contributed by atoms with Crippen LogP contribution in [0, 0.1) is 17.7 Å². The smallest absolute Gasteiger partial charge is 0.127 e. The number of halogens is 2. The Morgan fingerprint density at radius 3 is 2.76 bits per heavy atom. The van der Waals surface area contributed by atoms with Crippen LogP contribution in [0.15, 0.2) is 18.2 Å². The number of nitrogens with one attached hydrogen (secondary N) is 1. The van der Waals surface area contributed by atoms with Crippen LogP contribution in [-0.4, -0.2) is 6.04 Å². The van der Waals surface area contributed by atoms with Crippen molar-refractivity contribution in [3.63, 3.8) is 0 Å². The topological polar surface area (TPSA) is 38.0 Å². The van der Waals surface area contributed by atoms with E-state index in [-0.39, 0.29) is 11.9 Å². The van der Waals surface area contributed by atoms with Gasteiger partial charge in [0.25, 0.3) is 0 Å². The van der Waals surface area contributed by atoms with Crippen LogP contribution in [-0.2, 0) is 6.42 Å². The molecule has 1 fully saturated rings. The summed E-state index contributed by atoms with van der Waals surface area (Å²) >= 11 is 6.02. The van der Waals surface area contributed by atoms with Crippen LogP contribution in [0.25, 0.3) is 0 Å². The van der Waals surface area contributed by atoms with E-state index in [1.807, 2.05) is 0 Å². The Balaban J connectivity index is 2.12. The minimum atomic E-state index is -0.249. The van der Waals surface area contributed by atoms with Crippen molar-refractivity contribution in [3.8, 4) is 0 Å². The molecular formula is C13H18ClFN2. The lowest BCUT2D eigenvalue weighted by molar-refractivity contribution is 0.340. The van der Waals surface area contributed by atoms with Crippen LogP contribution < -0.4 is 11.3 Å². The van der Waals surface area contributed by atoms with Crippen LogP contribution in [0.3, 0.4) is 0 Å². The first-order valence-electron chi connectivity index (χ1n) is 6.02. The highest BCUT2D eigenvalue weighted by Crippen LogP contribution is 2.39. The van der Waals surface area contributed by atoms with Gasteiger partial charge < -0.3 is 0 Å². The monoisotopic (exact) mass is 256 g/mol. The summed E-state index contributed by atoms with van der Waals surface area (Å²) < 4.78 is 13.7. The highest BCUT2D eigenvalue weighted by molar-refractivity contribution is 6.31. The number of hydrogen-bond acceptors (Lipinski definition) is 2. The van der Waals surface area contributed by atoms with Crippen LogP contribution >= 0.6 is 11.6 Å². The predicted octanol–water partition coefficient (Wildman–Crippen LogP) is 2.90. The zero-order valence-corrected chi connectivity index (χ0v) is 10.7. The molecule has 0 radical (unpaired) electrons. The zero-order chi connectivity index (χ0) is 12.4. The Labute approximate surface area is 106 Å². The first kappa shape index (κ1) is 12.8. The largest absolute Gasteiger partial charge is 0.271 e. The fourth-order valence-electron chi connectivity index (χ4n) is 2.29. The number of benzene rings is 1. The van der Waals surface area contributed by atoms with Gasteiger partial charge in [0, 0.05) is 16.6 Å². The molecule has 0 aliphatic heterocycles. The Bertz CT molecular complexity index is 373. The number of hydrazine groups is 1. The molecule has 0 aromatic heterocycles. The van der Waals surface area contributed by atoms with Gasteiger partial charge in [0.1, 0.15) is 5.82 Å². The summed E-state index contributed by atoms with van der Waals surface area (Å²) in [5.74, 6) is 6.50. The third kappa shape index (κ3) is 2.97. The molecule has 0 spiro atoms. The van der Waals surface area contributed by atoms with Crippen molar-refractivity contribution in [2.24, 2.45) is 17.7 Å². The summed E-state index contributed by atoms with van der Waals surface area (Å²) in [7, 11) is 0. The van der Waals surface area contributed by atoms with Gasteiger partial charge in [-0.25, -0.2) is 4.39 Å². The Morgan fingerprint density at radius 1 is 1.53 bits per heavy atom. The van der Waals surface area contributed by atoms with Crippen molar-refractivity contribution in [1.29, 1.82) is 0 Å². The quantitative estimate of drug-likeness (QED) is 0.628. The SMILES string of the molecule is CC(C1CC1)C(Cc1c(F)cccc1Cl)NN. The molecule has 3 N–H and O–H groups in total. The maximum Gasteiger partial charge on any atom is 0.127 e. The maximum atomic E-state index is 13.7. The normalized spacial score (nSPS) is 19.1. The highest BCUT2D eigenvalue weighted by Gasteiger charge is 2.33. The van der Waals surface area contributed by atoms with Crippen molar-refractivity contribution < 1.29 is 4.39 Å². The minimum Gasteiger partial charge on any atom is -0.271 e. The molecule has 1 aliphatic carbocycles. The van der Waals surface area contributed by atoms with Crippen molar-refractivity contribution in [2.45, 2.75) is 32.2 Å². The molecule has 94 valence electrons. The molecule has 2 rings (SSSR count). The van der Waals surface area contributed by atoms with Gasteiger partial charge in [-0.2, -0.15) is 0 Å². The standard InChI is InChI=1S/C13H18ClFN2/c1-8(9-5-6-9)13(17-16)7-10-11(14)3-2-4-12(10)15/h2-4,8-9,13,17H,5-7,16H2,1H3. The lowest BCUT2D eigenvalue weighted by atomic mass is 9.91. The van der Waals surface area contributed by atoms with E-state index in [9.17, 15) is 4.39 Å². The number of rotatable bonds is 5. The second kappa shape index (κ2) is 5.34. The molecule has 2 nitrogen and oxygen atoms in total. The van der Waals surface area contributed by atoms with E-state index in [2.05, 4.69) is 12.3 Å². The van der Waals surface area contributed by atoms with E-state index in [1.54, 1.807) is 12.1 Å². The van der Waals surface area contributed by atoms with Crippen molar-refractivity contribution in [1.82, 2.24) is 5.43 Å². The average Bonchev–Trinajstić information content (AvgIpc) is 3.12. The van der Waals surface area contributed by atoms with Crippen LogP contribution in [0.1, 0.15) is 25.3 Å². The Morgan fingerprint density at radius 2 is 2.24 bits per heavy atom. The maximum absolute atomic E-state index is 13.7. The predicted molar refractivity (Wildman–Crippen MR) is 68.1 cm³/mol. The molecule has 17 heavy (non-hydrogen) atoms. The molecule has 1 aromatic rings. The van der Waals surface area contributed by atoms with E-state index >= 15 is 0 Å². The molecule has 2 atom stereocenters. The lowest BCUT2D eigenvalue weighted by Gasteiger charge is -2.23. The highest BCUT2D eigenvalue weighted by atomic mass is 35.5. The molecule has 4 heteroatoms. The van der Waals surface area contributed by atoms with Gasteiger partial charge in [0.15, 0.2) is 0 Å². The van der Waals surface area contributed by atoms with Gasteiger partial charge >= 0.3 is 0 Å². The molecular weight excluding hydrogens is 239 g/mol. The summed E-state index contributed by atoms with van der Waals surface area (Å²) in [6.45, 7) is 2.16. The molecule has 0 heterocycles. The van der Waals surface area contributed by atoms with Gasteiger partial charge in [0.2, 0.25) is 0 Å². The molecule has 1 aromatic carbocycles. The van der Waals surface area contributed by atoms with E-state index < -0.39 is 0 Å². The second-order valence-electron chi connectivity index (χ2n) is 4.87.